The average molecular weight is 316 g/mol. The molecule has 0 unspecified atom stereocenters. The van der Waals surface area contributed by atoms with Gasteiger partial charge in [0.05, 0.1) is 25.5 Å². The Bertz CT molecular complexity index is 704. The molecule has 0 saturated carbocycles. The summed E-state index contributed by atoms with van der Waals surface area (Å²) in [4.78, 5) is 22.4. The number of methoxy groups -OCH3 is 1. The van der Waals surface area contributed by atoms with Crippen molar-refractivity contribution in [3.63, 3.8) is 0 Å². The summed E-state index contributed by atoms with van der Waals surface area (Å²) in [6, 6.07) is 10.3. The fraction of sp³-hybridized carbons (Fsp3) is 0.188. The Morgan fingerprint density at radius 3 is 2.61 bits per heavy atom. The van der Waals surface area contributed by atoms with Gasteiger partial charge < -0.3 is 13.9 Å². The van der Waals surface area contributed by atoms with Gasteiger partial charge in [0, 0.05) is 5.56 Å². The van der Waals surface area contributed by atoms with E-state index in [1.54, 1.807) is 43.3 Å². The summed E-state index contributed by atoms with van der Waals surface area (Å²) in [5.74, 6) is 0.714. The van der Waals surface area contributed by atoms with Gasteiger partial charge in [-0.1, -0.05) is 12.1 Å². The van der Waals surface area contributed by atoms with Gasteiger partial charge in [0.2, 0.25) is 0 Å². The highest BCUT2D eigenvalue weighted by molar-refractivity contribution is 5.90. The molecule has 120 valence electrons. The van der Waals surface area contributed by atoms with E-state index in [2.05, 4.69) is 15.3 Å². The minimum Gasteiger partial charge on any atom is -0.462 e. The Hall–Kier alpha value is -3.09. The van der Waals surface area contributed by atoms with Crippen molar-refractivity contribution in [3.05, 3.63) is 47.7 Å². The van der Waals surface area contributed by atoms with Gasteiger partial charge in [-0.05, 0) is 31.2 Å². The second-order valence-corrected chi connectivity index (χ2v) is 4.36. The fourth-order valence-electron chi connectivity index (χ4n) is 1.76. The van der Waals surface area contributed by atoms with E-state index < -0.39 is 6.09 Å². The summed E-state index contributed by atoms with van der Waals surface area (Å²) < 4.78 is 14.9. The first-order chi connectivity index (χ1) is 11.1. The molecule has 7 heteroatoms. The molecule has 1 N–H and O–H groups in total. The molecule has 1 aromatic carbocycles. The molecule has 0 aliphatic rings. The molecule has 0 atom stereocenters. The monoisotopic (exact) mass is 316 g/mol. The number of rotatable bonds is 5. The molecule has 1 heterocycles. The van der Waals surface area contributed by atoms with Crippen LogP contribution in [0, 0.1) is 0 Å². The van der Waals surface area contributed by atoms with E-state index in [1.807, 2.05) is 0 Å². The van der Waals surface area contributed by atoms with Crippen LogP contribution >= 0.6 is 0 Å². The molecule has 0 aliphatic heterocycles. The molecule has 7 nitrogen and oxygen atoms in total. The van der Waals surface area contributed by atoms with Gasteiger partial charge in [-0.25, -0.2) is 15.0 Å². The third kappa shape index (κ3) is 4.44. The fourth-order valence-corrected chi connectivity index (χ4v) is 1.76. The maximum atomic E-state index is 11.6. The van der Waals surface area contributed by atoms with E-state index in [-0.39, 0.29) is 5.97 Å². The van der Waals surface area contributed by atoms with Crippen molar-refractivity contribution in [2.45, 2.75) is 6.92 Å². The first kappa shape index (κ1) is 16.3. The van der Waals surface area contributed by atoms with Crippen LogP contribution in [0.1, 0.15) is 23.0 Å². The Morgan fingerprint density at radius 2 is 1.96 bits per heavy atom. The van der Waals surface area contributed by atoms with Crippen molar-refractivity contribution in [1.29, 1.82) is 0 Å². The van der Waals surface area contributed by atoms with Gasteiger partial charge in [0.15, 0.2) is 0 Å². The van der Waals surface area contributed by atoms with Crippen LogP contribution < -0.4 is 5.43 Å². The van der Waals surface area contributed by atoms with Crippen molar-refractivity contribution < 1.29 is 23.5 Å². The highest BCUT2D eigenvalue weighted by Crippen LogP contribution is 2.22. The maximum Gasteiger partial charge on any atom is 0.427 e. The number of nitrogens with one attached hydrogen (secondary N) is 1. The lowest BCUT2D eigenvalue weighted by molar-refractivity contribution is 0.0526. The number of hydrogen-bond acceptors (Lipinski definition) is 6. The van der Waals surface area contributed by atoms with Crippen LogP contribution in [0.15, 0.2) is 45.9 Å². The zero-order valence-electron chi connectivity index (χ0n) is 12.7. The maximum absolute atomic E-state index is 11.6. The first-order valence-electron chi connectivity index (χ1n) is 6.88. The lowest BCUT2D eigenvalue weighted by atomic mass is 10.1. The van der Waals surface area contributed by atoms with E-state index >= 15 is 0 Å². The standard InChI is InChI=1S/C16H16N2O5/c1-3-22-15(19)12-6-4-11(5-7-12)14-9-8-13(23-14)10-17-18-16(20)21-2/h4-10H,3H2,1-2H3,(H,18,20). The van der Waals surface area contributed by atoms with Crippen LogP contribution in [-0.2, 0) is 9.47 Å². The summed E-state index contributed by atoms with van der Waals surface area (Å²) in [6.07, 6.45) is 0.690. The molecule has 0 saturated heterocycles. The molecular formula is C16H16N2O5. The summed E-state index contributed by atoms with van der Waals surface area (Å²) in [6.45, 7) is 2.09. The van der Waals surface area contributed by atoms with E-state index in [0.717, 1.165) is 5.56 Å². The van der Waals surface area contributed by atoms with Crippen molar-refractivity contribution in [2.24, 2.45) is 5.10 Å². The lowest BCUT2D eigenvalue weighted by Crippen LogP contribution is -2.16. The predicted octanol–water partition coefficient (Wildman–Crippen LogP) is 2.81. The Balaban J connectivity index is 2.05. The topological polar surface area (TPSA) is 90.1 Å². The number of furan rings is 1. The number of ether oxygens (including phenoxy) is 2. The summed E-state index contributed by atoms with van der Waals surface area (Å²) in [5.41, 5.74) is 3.44. The third-order valence-electron chi connectivity index (χ3n) is 2.84. The molecule has 0 spiro atoms. The zero-order valence-corrected chi connectivity index (χ0v) is 12.7. The van der Waals surface area contributed by atoms with Gasteiger partial charge in [0.1, 0.15) is 11.5 Å². The number of carbonyl (C=O) groups excluding carboxylic acids is 2. The zero-order chi connectivity index (χ0) is 16.7. The van der Waals surface area contributed by atoms with Crippen molar-refractivity contribution in [3.8, 4) is 11.3 Å². The minimum absolute atomic E-state index is 0.334. The van der Waals surface area contributed by atoms with Crippen molar-refractivity contribution in [1.82, 2.24) is 5.43 Å². The normalized spacial score (nSPS) is 10.5. The highest BCUT2D eigenvalue weighted by atomic mass is 16.5. The van der Waals surface area contributed by atoms with Gasteiger partial charge in [0.25, 0.3) is 0 Å². The van der Waals surface area contributed by atoms with Crippen LogP contribution in [-0.4, -0.2) is 32.0 Å². The first-order valence-corrected chi connectivity index (χ1v) is 6.88. The Morgan fingerprint density at radius 1 is 1.22 bits per heavy atom. The number of nitrogens with zero attached hydrogens (tertiary/aromatic N) is 1. The van der Waals surface area contributed by atoms with Crippen molar-refractivity contribution in [2.75, 3.05) is 13.7 Å². The second-order valence-electron chi connectivity index (χ2n) is 4.36. The number of carbonyl (C=O) groups is 2. The molecule has 0 fully saturated rings. The predicted molar refractivity (Wildman–Crippen MR) is 83.2 cm³/mol. The minimum atomic E-state index is -0.664. The number of benzene rings is 1. The third-order valence-corrected chi connectivity index (χ3v) is 2.84. The molecule has 1 amide bonds. The van der Waals surface area contributed by atoms with E-state index in [1.165, 1.54) is 13.3 Å². The molecule has 0 bridgehead atoms. The molecule has 0 radical (unpaired) electrons. The van der Waals surface area contributed by atoms with Crippen LogP contribution in [0.4, 0.5) is 4.79 Å². The SMILES string of the molecule is CCOC(=O)c1ccc(-c2ccc(C=NNC(=O)OC)o2)cc1. The van der Waals surface area contributed by atoms with Gasteiger partial charge >= 0.3 is 12.1 Å². The van der Waals surface area contributed by atoms with E-state index in [0.29, 0.717) is 23.7 Å². The quantitative estimate of drug-likeness (QED) is 0.520. The summed E-state index contributed by atoms with van der Waals surface area (Å²) >= 11 is 0. The average Bonchev–Trinajstić information content (AvgIpc) is 3.04. The summed E-state index contributed by atoms with van der Waals surface area (Å²) in [5, 5.41) is 3.67. The molecule has 2 rings (SSSR count). The molecule has 0 aliphatic carbocycles. The van der Waals surface area contributed by atoms with Crippen LogP contribution in [0.2, 0.25) is 0 Å². The number of hydrazone groups is 1. The lowest BCUT2D eigenvalue weighted by Gasteiger charge is -2.02. The molecular weight excluding hydrogens is 300 g/mol. The van der Waals surface area contributed by atoms with E-state index in [4.69, 9.17) is 9.15 Å². The number of amides is 1. The van der Waals surface area contributed by atoms with Crippen molar-refractivity contribution >= 4 is 18.3 Å². The molecule has 1 aromatic heterocycles. The summed E-state index contributed by atoms with van der Waals surface area (Å²) in [7, 11) is 1.25. The second kappa shape index (κ2) is 7.79. The van der Waals surface area contributed by atoms with Crippen LogP contribution in [0.25, 0.3) is 11.3 Å². The van der Waals surface area contributed by atoms with Gasteiger partial charge in [-0.15, -0.1) is 0 Å². The molecule has 23 heavy (non-hydrogen) atoms. The molecule has 2 aromatic rings. The smallest absolute Gasteiger partial charge is 0.427 e. The number of esters is 1. The largest absolute Gasteiger partial charge is 0.462 e. The van der Waals surface area contributed by atoms with Gasteiger partial charge in [-0.3, -0.25) is 0 Å². The van der Waals surface area contributed by atoms with Crippen LogP contribution in [0.5, 0.6) is 0 Å². The van der Waals surface area contributed by atoms with Crippen LogP contribution in [0.3, 0.4) is 0 Å². The highest BCUT2D eigenvalue weighted by Gasteiger charge is 2.08. The Labute approximate surface area is 132 Å². The van der Waals surface area contributed by atoms with E-state index in [9.17, 15) is 9.59 Å². The van der Waals surface area contributed by atoms with Gasteiger partial charge in [-0.2, -0.15) is 5.10 Å². The number of hydrogen-bond donors (Lipinski definition) is 1. The Kier molecular flexibility index (Phi) is 5.51.